The second-order valence-electron chi connectivity index (χ2n) is 5.07. The number of amides is 1. The number of carbonyl (C=O) groups excluding carboxylic acids is 1. The lowest BCUT2D eigenvalue weighted by Gasteiger charge is -2.09. The summed E-state index contributed by atoms with van der Waals surface area (Å²) in [5, 5.41) is 14.0. The van der Waals surface area contributed by atoms with E-state index in [2.05, 4.69) is 20.6 Å². The summed E-state index contributed by atoms with van der Waals surface area (Å²) in [5.41, 5.74) is -0.993. The van der Waals surface area contributed by atoms with Crippen LogP contribution in [0.4, 0.5) is 18.9 Å². The van der Waals surface area contributed by atoms with Gasteiger partial charge in [-0.2, -0.15) is 17.7 Å². The monoisotopic (exact) mass is 401 g/mol. The van der Waals surface area contributed by atoms with Crippen molar-refractivity contribution in [1.29, 1.82) is 0 Å². The lowest BCUT2D eigenvalue weighted by Crippen LogP contribution is -2.19. The van der Waals surface area contributed by atoms with Crippen molar-refractivity contribution < 1.29 is 18.0 Å². The van der Waals surface area contributed by atoms with Crippen LogP contribution in [-0.2, 0) is 11.0 Å². The van der Waals surface area contributed by atoms with Crippen LogP contribution in [0.5, 0.6) is 0 Å². The van der Waals surface area contributed by atoms with E-state index in [1.165, 1.54) is 19.1 Å². The molecule has 3 aromatic rings. The number of carbonyl (C=O) groups is 1. The number of halogens is 3. The van der Waals surface area contributed by atoms with Gasteiger partial charge in [0, 0.05) is 5.69 Å². The number of nitrogens with one attached hydrogen (secondary N) is 1. The van der Waals surface area contributed by atoms with E-state index in [0.29, 0.717) is 9.30 Å². The number of anilines is 1. The van der Waals surface area contributed by atoms with Crippen LogP contribution in [-0.4, -0.2) is 31.5 Å². The van der Waals surface area contributed by atoms with Gasteiger partial charge in [0.1, 0.15) is 5.69 Å². The standard InChI is InChI=1S/C14H10F3N5O2S2/c1-7-11(24)22-12(20-19-7)26-13(21-22)25-6-10(23)18-9-4-2-3-8(5-9)14(15,16)17/h2-5H,6H2,1H3,(H,18,23). The molecule has 2 aromatic heterocycles. The van der Waals surface area contributed by atoms with Gasteiger partial charge in [0.25, 0.3) is 5.56 Å². The predicted molar refractivity (Wildman–Crippen MR) is 90.5 cm³/mol. The summed E-state index contributed by atoms with van der Waals surface area (Å²) < 4.78 is 39.5. The van der Waals surface area contributed by atoms with E-state index in [9.17, 15) is 22.8 Å². The molecule has 0 saturated heterocycles. The Morgan fingerprint density at radius 2 is 2.12 bits per heavy atom. The highest BCUT2D eigenvalue weighted by molar-refractivity contribution is 8.01. The lowest BCUT2D eigenvalue weighted by atomic mass is 10.2. The summed E-state index contributed by atoms with van der Waals surface area (Å²) in [7, 11) is 0. The van der Waals surface area contributed by atoms with Gasteiger partial charge in [-0.25, -0.2) is 0 Å². The summed E-state index contributed by atoms with van der Waals surface area (Å²) in [6.07, 6.45) is -4.48. The molecule has 0 atom stereocenters. The highest BCUT2D eigenvalue weighted by Crippen LogP contribution is 2.30. The Morgan fingerprint density at radius 3 is 2.85 bits per heavy atom. The highest BCUT2D eigenvalue weighted by Gasteiger charge is 2.30. The summed E-state index contributed by atoms with van der Waals surface area (Å²) in [5.74, 6) is -0.583. The predicted octanol–water partition coefficient (Wildman–Crippen LogP) is 2.60. The van der Waals surface area contributed by atoms with E-state index in [-0.39, 0.29) is 17.1 Å². The van der Waals surface area contributed by atoms with Crippen LogP contribution in [0, 0.1) is 6.92 Å². The summed E-state index contributed by atoms with van der Waals surface area (Å²) in [6, 6.07) is 4.37. The molecule has 0 saturated carbocycles. The number of alkyl halides is 3. The maximum Gasteiger partial charge on any atom is 0.416 e. The zero-order chi connectivity index (χ0) is 18.9. The third kappa shape index (κ3) is 4.02. The number of thioether (sulfide) groups is 1. The average molecular weight is 401 g/mol. The SMILES string of the molecule is Cc1nnc2sc(SCC(=O)Nc3cccc(C(F)(F)F)c3)nn2c1=O. The number of fused-ring (bicyclic) bond motifs is 1. The summed E-state index contributed by atoms with van der Waals surface area (Å²) >= 11 is 2.13. The van der Waals surface area contributed by atoms with Crippen molar-refractivity contribution in [1.82, 2.24) is 19.8 Å². The molecular formula is C14H10F3N5O2S2. The fourth-order valence-corrected chi connectivity index (χ4v) is 3.60. The third-order valence-electron chi connectivity index (χ3n) is 3.13. The summed E-state index contributed by atoms with van der Waals surface area (Å²) in [4.78, 5) is 24.1. The van der Waals surface area contributed by atoms with Crippen molar-refractivity contribution in [3.63, 3.8) is 0 Å². The van der Waals surface area contributed by atoms with Gasteiger partial charge < -0.3 is 5.32 Å². The van der Waals surface area contributed by atoms with Crippen molar-refractivity contribution in [2.24, 2.45) is 0 Å². The lowest BCUT2D eigenvalue weighted by molar-refractivity contribution is -0.137. The van der Waals surface area contributed by atoms with E-state index in [4.69, 9.17) is 0 Å². The second kappa shape index (κ2) is 7.03. The molecule has 0 bridgehead atoms. The largest absolute Gasteiger partial charge is 0.416 e. The normalized spacial score (nSPS) is 11.7. The topological polar surface area (TPSA) is 89.2 Å². The molecule has 7 nitrogen and oxygen atoms in total. The van der Waals surface area contributed by atoms with Crippen LogP contribution in [0.3, 0.4) is 0 Å². The van der Waals surface area contributed by atoms with Crippen LogP contribution in [0.25, 0.3) is 4.96 Å². The Bertz CT molecular complexity index is 1030. The summed E-state index contributed by atoms with van der Waals surface area (Å²) in [6.45, 7) is 1.51. The fourth-order valence-electron chi connectivity index (χ4n) is 1.93. The molecule has 26 heavy (non-hydrogen) atoms. The van der Waals surface area contributed by atoms with Gasteiger partial charge in [-0.15, -0.1) is 15.3 Å². The van der Waals surface area contributed by atoms with Crippen molar-refractivity contribution in [3.05, 3.63) is 45.9 Å². The van der Waals surface area contributed by atoms with E-state index in [0.717, 1.165) is 39.7 Å². The van der Waals surface area contributed by atoms with Gasteiger partial charge in [0.15, 0.2) is 4.34 Å². The fraction of sp³-hybridized carbons (Fsp3) is 0.214. The number of hydrogen-bond donors (Lipinski definition) is 1. The van der Waals surface area contributed by atoms with E-state index < -0.39 is 23.2 Å². The van der Waals surface area contributed by atoms with Gasteiger partial charge in [-0.1, -0.05) is 29.2 Å². The number of rotatable bonds is 4. The molecule has 136 valence electrons. The molecule has 0 aliphatic rings. The second-order valence-corrected chi connectivity index (χ2v) is 7.25. The van der Waals surface area contributed by atoms with Gasteiger partial charge in [-0.3, -0.25) is 9.59 Å². The first-order valence-corrected chi connectivity index (χ1v) is 8.87. The first kappa shape index (κ1) is 18.3. The minimum atomic E-state index is -4.48. The van der Waals surface area contributed by atoms with E-state index >= 15 is 0 Å². The first-order valence-electron chi connectivity index (χ1n) is 7.07. The third-order valence-corrected chi connectivity index (χ3v) is 5.16. The molecule has 0 spiro atoms. The van der Waals surface area contributed by atoms with Crippen molar-refractivity contribution in [3.8, 4) is 0 Å². The molecule has 0 radical (unpaired) electrons. The number of hydrogen-bond acceptors (Lipinski definition) is 7. The smallest absolute Gasteiger partial charge is 0.325 e. The van der Waals surface area contributed by atoms with Crippen LogP contribution in [0.1, 0.15) is 11.3 Å². The maximum absolute atomic E-state index is 12.7. The molecule has 1 aromatic carbocycles. The zero-order valence-electron chi connectivity index (χ0n) is 13.1. The molecule has 1 N–H and O–H groups in total. The Labute approximate surface area is 152 Å². The van der Waals surface area contributed by atoms with Crippen LogP contribution < -0.4 is 10.9 Å². The minimum Gasteiger partial charge on any atom is -0.325 e. The van der Waals surface area contributed by atoms with E-state index in [1.54, 1.807) is 0 Å². The number of benzene rings is 1. The Hall–Kier alpha value is -2.47. The Morgan fingerprint density at radius 1 is 1.35 bits per heavy atom. The first-order chi connectivity index (χ1) is 12.2. The Kier molecular flexibility index (Phi) is 4.96. The van der Waals surface area contributed by atoms with Crippen molar-refractivity contribution in [2.45, 2.75) is 17.4 Å². The Balaban J connectivity index is 1.66. The molecule has 12 heteroatoms. The molecular weight excluding hydrogens is 391 g/mol. The van der Waals surface area contributed by atoms with Crippen LogP contribution in [0.15, 0.2) is 33.4 Å². The van der Waals surface area contributed by atoms with Gasteiger partial charge in [0.05, 0.1) is 11.3 Å². The van der Waals surface area contributed by atoms with E-state index in [1.807, 2.05) is 0 Å². The number of aromatic nitrogens is 4. The van der Waals surface area contributed by atoms with Crippen molar-refractivity contribution >= 4 is 39.7 Å². The molecule has 3 rings (SSSR count). The molecule has 0 unspecified atom stereocenters. The average Bonchev–Trinajstić information content (AvgIpc) is 3.00. The minimum absolute atomic E-state index is 0.0486. The van der Waals surface area contributed by atoms with Gasteiger partial charge >= 0.3 is 6.18 Å². The van der Waals surface area contributed by atoms with Crippen LogP contribution >= 0.6 is 23.1 Å². The number of nitrogens with zero attached hydrogens (tertiary/aromatic N) is 4. The van der Waals surface area contributed by atoms with Crippen molar-refractivity contribution in [2.75, 3.05) is 11.1 Å². The maximum atomic E-state index is 12.7. The molecule has 2 heterocycles. The van der Waals surface area contributed by atoms with Gasteiger partial charge in [0.2, 0.25) is 10.9 Å². The highest BCUT2D eigenvalue weighted by atomic mass is 32.2. The quantitative estimate of drug-likeness (QED) is 0.676. The van der Waals surface area contributed by atoms with Gasteiger partial charge in [-0.05, 0) is 25.1 Å². The number of aryl methyl sites for hydroxylation is 1. The van der Waals surface area contributed by atoms with Crippen LogP contribution in [0.2, 0.25) is 0 Å². The molecule has 1 amide bonds. The molecule has 0 fully saturated rings. The molecule has 0 aliphatic heterocycles. The zero-order valence-corrected chi connectivity index (χ0v) is 14.7. The molecule has 0 aliphatic carbocycles.